The third-order valence-corrected chi connectivity index (χ3v) is 5.64. The Hall–Kier alpha value is -3.19. The van der Waals surface area contributed by atoms with Crippen LogP contribution in [-0.4, -0.2) is 44.4 Å². The van der Waals surface area contributed by atoms with E-state index in [2.05, 4.69) is 25.8 Å². The van der Waals surface area contributed by atoms with Crippen LogP contribution >= 0.6 is 0 Å². The molecular formula is C21H22N6O. The summed E-state index contributed by atoms with van der Waals surface area (Å²) in [5, 5.41) is 15.1. The van der Waals surface area contributed by atoms with Crippen molar-refractivity contribution in [1.82, 2.24) is 19.9 Å². The number of anilines is 2. The van der Waals surface area contributed by atoms with Gasteiger partial charge in [0, 0.05) is 19.6 Å². The van der Waals surface area contributed by atoms with Gasteiger partial charge in [0.1, 0.15) is 5.54 Å². The number of fused-ring (bicyclic) bond motifs is 1. The lowest BCUT2D eigenvalue weighted by Gasteiger charge is -2.44. The maximum absolute atomic E-state index is 12.7. The summed E-state index contributed by atoms with van der Waals surface area (Å²) in [6.07, 6.45) is 3.50. The third-order valence-electron chi connectivity index (χ3n) is 5.64. The van der Waals surface area contributed by atoms with E-state index >= 15 is 0 Å². The molecule has 2 aliphatic heterocycles. The van der Waals surface area contributed by atoms with Gasteiger partial charge in [-0.15, -0.1) is 5.10 Å². The number of aromatic nitrogens is 3. The minimum absolute atomic E-state index is 0.0703. The van der Waals surface area contributed by atoms with E-state index in [4.69, 9.17) is 0 Å². The van der Waals surface area contributed by atoms with Gasteiger partial charge in [0.05, 0.1) is 29.0 Å². The summed E-state index contributed by atoms with van der Waals surface area (Å²) in [5.41, 5.74) is 3.28. The normalized spacial score (nSPS) is 18.4. The molecule has 1 spiro atoms. The van der Waals surface area contributed by atoms with Gasteiger partial charge in [-0.3, -0.25) is 9.69 Å². The number of piperidine rings is 1. The number of hydrogen-bond donors (Lipinski definition) is 2. The summed E-state index contributed by atoms with van der Waals surface area (Å²) in [6.45, 7) is 2.41. The van der Waals surface area contributed by atoms with Crippen molar-refractivity contribution < 1.29 is 4.79 Å². The van der Waals surface area contributed by atoms with Crippen molar-refractivity contribution in [2.75, 3.05) is 23.7 Å². The number of para-hydroxylation sites is 3. The number of rotatable bonds is 3. The highest BCUT2D eigenvalue weighted by Gasteiger charge is 2.44. The molecule has 3 aromatic rings. The first-order valence-electron chi connectivity index (χ1n) is 9.60. The zero-order valence-electron chi connectivity index (χ0n) is 15.5. The lowest BCUT2D eigenvalue weighted by molar-refractivity contribution is -0.122. The summed E-state index contributed by atoms with van der Waals surface area (Å²) in [4.78, 5) is 15.1. The average Bonchev–Trinajstić information content (AvgIpc) is 3.20. The van der Waals surface area contributed by atoms with Crippen LogP contribution < -0.4 is 10.6 Å². The van der Waals surface area contributed by atoms with E-state index in [0.717, 1.165) is 55.2 Å². The highest BCUT2D eigenvalue weighted by atomic mass is 16.2. The van der Waals surface area contributed by atoms with E-state index in [9.17, 15) is 4.79 Å². The Morgan fingerprint density at radius 2 is 1.68 bits per heavy atom. The van der Waals surface area contributed by atoms with Gasteiger partial charge in [0.25, 0.3) is 0 Å². The highest BCUT2D eigenvalue weighted by molar-refractivity contribution is 6.06. The molecule has 2 aliphatic rings. The number of carbonyl (C=O) groups is 1. The average molecular weight is 374 g/mol. The fraction of sp³-hybridized carbons (Fsp3) is 0.286. The Kier molecular flexibility index (Phi) is 4.09. The van der Waals surface area contributed by atoms with Crippen molar-refractivity contribution in [3.63, 3.8) is 0 Å². The largest absolute Gasteiger partial charge is 0.369 e. The van der Waals surface area contributed by atoms with Crippen molar-refractivity contribution in [1.29, 1.82) is 0 Å². The zero-order chi connectivity index (χ0) is 19.0. The van der Waals surface area contributed by atoms with E-state index in [1.54, 1.807) is 4.68 Å². The number of carbonyl (C=O) groups excluding carboxylic acids is 1. The van der Waals surface area contributed by atoms with E-state index < -0.39 is 5.54 Å². The molecule has 0 unspecified atom stereocenters. The van der Waals surface area contributed by atoms with Crippen LogP contribution in [0.1, 0.15) is 18.5 Å². The number of amides is 1. The molecule has 0 radical (unpaired) electrons. The summed E-state index contributed by atoms with van der Waals surface area (Å²) in [5.74, 6) is 0.0703. The number of nitrogens with zero attached hydrogens (tertiary/aromatic N) is 4. The van der Waals surface area contributed by atoms with Gasteiger partial charge in [-0.1, -0.05) is 35.5 Å². The Bertz CT molecular complexity index is 991. The molecule has 2 aromatic carbocycles. The van der Waals surface area contributed by atoms with E-state index in [1.165, 1.54) is 0 Å². The Balaban J connectivity index is 1.25. The topological polar surface area (TPSA) is 75.1 Å². The molecule has 1 fully saturated rings. The third kappa shape index (κ3) is 3.03. The van der Waals surface area contributed by atoms with Crippen LogP contribution in [0.25, 0.3) is 5.69 Å². The predicted octanol–water partition coefficient (Wildman–Crippen LogP) is 2.67. The van der Waals surface area contributed by atoms with Gasteiger partial charge in [-0.2, -0.15) is 0 Å². The molecule has 0 saturated carbocycles. The molecule has 2 N–H and O–H groups in total. The molecular weight excluding hydrogens is 352 g/mol. The van der Waals surface area contributed by atoms with Crippen LogP contribution in [0.4, 0.5) is 11.4 Å². The van der Waals surface area contributed by atoms with Crippen molar-refractivity contribution in [3.8, 4) is 5.69 Å². The SMILES string of the molecule is O=C1Nc2ccccc2NC12CCN(Cc1cn(-c3ccccc3)nn1)CC2. The van der Waals surface area contributed by atoms with Crippen LogP contribution in [0.15, 0.2) is 60.8 Å². The van der Waals surface area contributed by atoms with Gasteiger partial charge in [-0.25, -0.2) is 4.68 Å². The summed E-state index contributed by atoms with van der Waals surface area (Å²) in [6, 6.07) is 17.8. The smallest absolute Gasteiger partial charge is 0.250 e. The Morgan fingerprint density at radius 3 is 2.46 bits per heavy atom. The zero-order valence-corrected chi connectivity index (χ0v) is 15.5. The van der Waals surface area contributed by atoms with Crippen molar-refractivity contribution >= 4 is 17.3 Å². The molecule has 3 heterocycles. The number of nitrogens with one attached hydrogen (secondary N) is 2. The van der Waals surface area contributed by atoms with Gasteiger partial charge < -0.3 is 10.6 Å². The maximum atomic E-state index is 12.7. The van der Waals surface area contributed by atoms with Gasteiger partial charge >= 0.3 is 0 Å². The quantitative estimate of drug-likeness (QED) is 0.737. The number of benzene rings is 2. The fourth-order valence-corrected chi connectivity index (χ4v) is 4.01. The highest BCUT2D eigenvalue weighted by Crippen LogP contribution is 2.36. The molecule has 0 aliphatic carbocycles. The number of likely N-dealkylation sites (tertiary alicyclic amines) is 1. The molecule has 1 amide bonds. The first kappa shape index (κ1) is 16.9. The molecule has 5 rings (SSSR count). The summed E-state index contributed by atoms with van der Waals surface area (Å²) in [7, 11) is 0. The maximum Gasteiger partial charge on any atom is 0.250 e. The second-order valence-corrected chi connectivity index (χ2v) is 7.47. The molecule has 7 nitrogen and oxygen atoms in total. The monoisotopic (exact) mass is 374 g/mol. The fourth-order valence-electron chi connectivity index (χ4n) is 4.01. The Morgan fingerprint density at radius 1 is 0.964 bits per heavy atom. The van der Waals surface area contributed by atoms with Crippen LogP contribution in [0, 0.1) is 0 Å². The predicted molar refractivity (Wildman–Crippen MR) is 107 cm³/mol. The van der Waals surface area contributed by atoms with Gasteiger partial charge in [-0.05, 0) is 37.1 Å². The molecule has 0 bridgehead atoms. The van der Waals surface area contributed by atoms with Crippen molar-refractivity contribution in [2.24, 2.45) is 0 Å². The van der Waals surface area contributed by atoms with Gasteiger partial charge in [0.15, 0.2) is 0 Å². The van der Waals surface area contributed by atoms with E-state index in [0.29, 0.717) is 0 Å². The first-order valence-corrected chi connectivity index (χ1v) is 9.60. The van der Waals surface area contributed by atoms with Crippen molar-refractivity contribution in [2.45, 2.75) is 24.9 Å². The van der Waals surface area contributed by atoms with Crippen LogP contribution in [0.5, 0.6) is 0 Å². The first-order chi connectivity index (χ1) is 13.7. The molecule has 28 heavy (non-hydrogen) atoms. The lowest BCUT2D eigenvalue weighted by atomic mass is 9.84. The second-order valence-electron chi connectivity index (χ2n) is 7.47. The lowest BCUT2D eigenvalue weighted by Crippen LogP contribution is -2.58. The summed E-state index contributed by atoms with van der Waals surface area (Å²) >= 11 is 0. The molecule has 142 valence electrons. The minimum Gasteiger partial charge on any atom is -0.369 e. The van der Waals surface area contributed by atoms with Gasteiger partial charge in [0.2, 0.25) is 5.91 Å². The molecule has 1 saturated heterocycles. The van der Waals surface area contributed by atoms with Crippen LogP contribution in [0.2, 0.25) is 0 Å². The van der Waals surface area contributed by atoms with Crippen LogP contribution in [-0.2, 0) is 11.3 Å². The summed E-state index contributed by atoms with van der Waals surface area (Å²) < 4.78 is 1.80. The molecule has 1 aromatic heterocycles. The standard InChI is InChI=1S/C21H22N6O/c28-20-21(23-19-9-5-4-8-18(19)22-20)10-12-26(13-11-21)14-16-15-27(25-24-16)17-6-2-1-3-7-17/h1-9,15,23H,10-14H2,(H,22,28). The Labute approximate surface area is 163 Å². The van der Waals surface area contributed by atoms with E-state index in [-0.39, 0.29) is 5.91 Å². The van der Waals surface area contributed by atoms with Crippen LogP contribution in [0.3, 0.4) is 0 Å². The minimum atomic E-state index is -0.521. The molecule has 7 heteroatoms. The van der Waals surface area contributed by atoms with E-state index in [1.807, 2.05) is 60.8 Å². The van der Waals surface area contributed by atoms with Crippen molar-refractivity contribution in [3.05, 3.63) is 66.5 Å². The molecule has 0 atom stereocenters. The second kappa shape index (κ2) is 6.76. The number of hydrogen-bond acceptors (Lipinski definition) is 5.